The molecule has 0 unspecified atom stereocenters. The van der Waals surface area contributed by atoms with Crippen LogP contribution in [-0.4, -0.2) is 24.5 Å². The van der Waals surface area contributed by atoms with Crippen LogP contribution in [0.25, 0.3) is 28.1 Å². The first kappa shape index (κ1) is 21.8. The summed E-state index contributed by atoms with van der Waals surface area (Å²) in [7, 11) is -3.43. The molecule has 0 aliphatic heterocycles. The zero-order valence-electron chi connectivity index (χ0n) is 17.3. The summed E-state index contributed by atoms with van der Waals surface area (Å²) in [6.45, 7) is 1.99. The standard InChI is InChI=1S/C24H19F3N2O2S/c1-16-3-5-17(6-4-16)18-7-9-19(10-8-18)22-15-23(24(25,26)27)28-29(22)20-11-13-21(14-12-20)32(2,30)31/h3-15H,1-2H3. The normalized spacial score (nSPS) is 12.2. The fourth-order valence-corrected chi connectivity index (χ4v) is 3.97. The van der Waals surface area contributed by atoms with Gasteiger partial charge in [0.05, 0.1) is 16.3 Å². The molecule has 0 aliphatic rings. The van der Waals surface area contributed by atoms with E-state index in [1.807, 2.05) is 43.3 Å². The summed E-state index contributed by atoms with van der Waals surface area (Å²) in [6.07, 6.45) is -3.55. The molecule has 0 N–H and O–H groups in total. The van der Waals surface area contributed by atoms with Gasteiger partial charge in [0.2, 0.25) is 0 Å². The van der Waals surface area contributed by atoms with E-state index >= 15 is 0 Å². The van der Waals surface area contributed by atoms with Crippen LogP contribution in [0.15, 0.2) is 83.8 Å². The Morgan fingerprint density at radius 1 is 0.781 bits per heavy atom. The van der Waals surface area contributed by atoms with Crippen molar-refractivity contribution in [2.75, 3.05) is 6.26 Å². The van der Waals surface area contributed by atoms with Crippen molar-refractivity contribution in [3.63, 3.8) is 0 Å². The molecular weight excluding hydrogens is 437 g/mol. The van der Waals surface area contributed by atoms with E-state index in [9.17, 15) is 21.6 Å². The average molecular weight is 456 g/mol. The van der Waals surface area contributed by atoms with Crippen molar-refractivity contribution < 1.29 is 21.6 Å². The number of aryl methyl sites for hydroxylation is 1. The van der Waals surface area contributed by atoms with Gasteiger partial charge < -0.3 is 0 Å². The van der Waals surface area contributed by atoms with E-state index < -0.39 is 21.7 Å². The van der Waals surface area contributed by atoms with Gasteiger partial charge in [0.1, 0.15) is 0 Å². The highest BCUT2D eigenvalue weighted by Gasteiger charge is 2.35. The third kappa shape index (κ3) is 4.45. The van der Waals surface area contributed by atoms with Crippen LogP contribution in [0.1, 0.15) is 11.3 Å². The van der Waals surface area contributed by atoms with E-state index in [0.29, 0.717) is 11.3 Å². The summed E-state index contributed by atoms with van der Waals surface area (Å²) in [5, 5.41) is 3.75. The van der Waals surface area contributed by atoms with Crippen LogP contribution in [-0.2, 0) is 16.0 Å². The Bertz CT molecular complexity index is 1360. The van der Waals surface area contributed by atoms with Crippen LogP contribution in [0.2, 0.25) is 0 Å². The molecule has 0 aliphatic carbocycles. The maximum absolute atomic E-state index is 13.4. The number of aromatic nitrogens is 2. The SMILES string of the molecule is Cc1ccc(-c2ccc(-c3cc(C(F)(F)F)nn3-c3ccc(S(C)(=O)=O)cc3)cc2)cc1. The van der Waals surface area contributed by atoms with Crippen molar-refractivity contribution in [1.29, 1.82) is 0 Å². The molecule has 0 saturated carbocycles. The van der Waals surface area contributed by atoms with E-state index in [4.69, 9.17) is 0 Å². The van der Waals surface area contributed by atoms with Gasteiger partial charge in [0.25, 0.3) is 0 Å². The molecule has 4 nitrogen and oxygen atoms in total. The summed E-state index contributed by atoms with van der Waals surface area (Å²) in [6, 6.07) is 21.7. The minimum atomic E-state index is -4.62. The molecule has 164 valence electrons. The predicted octanol–water partition coefficient (Wildman–Crippen LogP) is 5.94. The van der Waals surface area contributed by atoms with Crippen molar-refractivity contribution >= 4 is 9.84 Å². The smallest absolute Gasteiger partial charge is 0.233 e. The van der Waals surface area contributed by atoms with Crippen molar-refractivity contribution in [1.82, 2.24) is 9.78 Å². The van der Waals surface area contributed by atoms with Crippen molar-refractivity contribution in [2.24, 2.45) is 0 Å². The largest absolute Gasteiger partial charge is 0.435 e. The maximum Gasteiger partial charge on any atom is 0.435 e. The number of rotatable bonds is 4. The highest BCUT2D eigenvalue weighted by atomic mass is 32.2. The van der Waals surface area contributed by atoms with Gasteiger partial charge in [-0.25, -0.2) is 13.1 Å². The lowest BCUT2D eigenvalue weighted by atomic mass is 10.0. The lowest BCUT2D eigenvalue weighted by Gasteiger charge is -2.09. The topological polar surface area (TPSA) is 52.0 Å². The van der Waals surface area contributed by atoms with Gasteiger partial charge in [-0.15, -0.1) is 0 Å². The third-order valence-electron chi connectivity index (χ3n) is 5.07. The molecule has 3 aromatic carbocycles. The predicted molar refractivity (Wildman–Crippen MR) is 117 cm³/mol. The second kappa shape index (κ2) is 7.94. The van der Waals surface area contributed by atoms with Gasteiger partial charge >= 0.3 is 6.18 Å². The molecule has 4 aromatic rings. The molecule has 32 heavy (non-hydrogen) atoms. The molecule has 0 fully saturated rings. The van der Waals surface area contributed by atoms with E-state index in [-0.39, 0.29) is 10.6 Å². The minimum Gasteiger partial charge on any atom is -0.233 e. The van der Waals surface area contributed by atoms with Crippen molar-refractivity contribution in [3.8, 4) is 28.1 Å². The highest BCUT2D eigenvalue weighted by Crippen LogP contribution is 2.34. The van der Waals surface area contributed by atoms with Gasteiger partial charge in [0.15, 0.2) is 15.5 Å². The molecular formula is C24H19F3N2O2S. The van der Waals surface area contributed by atoms with Crippen LogP contribution in [0.5, 0.6) is 0 Å². The molecule has 1 aromatic heterocycles. The van der Waals surface area contributed by atoms with E-state index in [1.165, 1.54) is 28.9 Å². The minimum absolute atomic E-state index is 0.0773. The summed E-state index contributed by atoms with van der Waals surface area (Å²) in [5.74, 6) is 0. The number of nitrogens with zero attached hydrogens (tertiary/aromatic N) is 2. The van der Waals surface area contributed by atoms with E-state index in [1.54, 1.807) is 12.1 Å². The van der Waals surface area contributed by atoms with Gasteiger partial charge in [0, 0.05) is 11.8 Å². The number of alkyl halides is 3. The number of sulfone groups is 1. The van der Waals surface area contributed by atoms with Crippen LogP contribution < -0.4 is 0 Å². The Kier molecular flexibility index (Phi) is 5.42. The first-order valence-electron chi connectivity index (χ1n) is 9.67. The molecule has 1 heterocycles. The Morgan fingerprint density at radius 2 is 1.28 bits per heavy atom. The number of benzene rings is 3. The van der Waals surface area contributed by atoms with Crippen molar-refractivity contribution in [2.45, 2.75) is 18.0 Å². The van der Waals surface area contributed by atoms with Gasteiger partial charge in [-0.1, -0.05) is 54.1 Å². The number of halogens is 3. The Morgan fingerprint density at radius 3 is 1.78 bits per heavy atom. The summed E-state index contributed by atoms with van der Waals surface area (Å²) in [5.41, 5.74) is 3.18. The zero-order chi connectivity index (χ0) is 23.1. The molecule has 4 rings (SSSR count). The fraction of sp³-hybridized carbons (Fsp3) is 0.125. The first-order chi connectivity index (χ1) is 15.0. The zero-order valence-corrected chi connectivity index (χ0v) is 18.1. The van der Waals surface area contributed by atoms with E-state index in [2.05, 4.69) is 5.10 Å². The van der Waals surface area contributed by atoms with E-state index in [0.717, 1.165) is 29.0 Å². The molecule has 0 spiro atoms. The fourth-order valence-electron chi connectivity index (χ4n) is 3.34. The first-order valence-corrected chi connectivity index (χ1v) is 11.6. The maximum atomic E-state index is 13.4. The lowest BCUT2D eigenvalue weighted by molar-refractivity contribution is -0.141. The molecule has 0 saturated heterocycles. The van der Waals surface area contributed by atoms with Crippen LogP contribution in [0.3, 0.4) is 0 Å². The summed E-state index contributed by atoms with van der Waals surface area (Å²) < 4.78 is 64.8. The van der Waals surface area contributed by atoms with Gasteiger partial charge in [-0.3, -0.25) is 0 Å². The quantitative estimate of drug-likeness (QED) is 0.382. The van der Waals surface area contributed by atoms with Crippen LogP contribution >= 0.6 is 0 Å². The Hall–Kier alpha value is -3.39. The summed E-state index contributed by atoms with van der Waals surface area (Å²) in [4.78, 5) is 0.0773. The van der Waals surface area contributed by atoms with Crippen LogP contribution in [0.4, 0.5) is 13.2 Å². The lowest BCUT2D eigenvalue weighted by Crippen LogP contribution is -2.07. The summed E-state index contributed by atoms with van der Waals surface area (Å²) >= 11 is 0. The van der Waals surface area contributed by atoms with Crippen molar-refractivity contribution in [3.05, 3.63) is 90.1 Å². The molecule has 0 radical (unpaired) electrons. The average Bonchev–Trinajstić information content (AvgIpc) is 3.20. The Labute approximate surface area is 183 Å². The second-order valence-corrected chi connectivity index (χ2v) is 9.55. The molecule has 0 bridgehead atoms. The highest BCUT2D eigenvalue weighted by molar-refractivity contribution is 7.90. The molecule has 0 amide bonds. The van der Waals surface area contributed by atoms with Crippen LogP contribution in [0, 0.1) is 6.92 Å². The third-order valence-corrected chi connectivity index (χ3v) is 6.20. The van der Waals surface area contributed by atoms with Gasteiger partial charge in [-0.05, 0) is 48.4 Å². The number of hydrogen-bond acceptors (Lipinski definition) is 3. The molecule has 0 atom stereocenters. The van der Waals surface area contributed by atoms with Gasteiger partial charge in [-0.2, -0.15) is 18.3 Å². The monoisotopic (exact) mass is 456 g/mol. The number of hydrogen-bond donors (Lipinski definition) is 0. The molecule has 8 heteroatoms. The second-order valence-electron chi connectivity index (χ2n) is 7.53. The Balaban J connectivity index is 1.78.